The molecule has 36 heavy (non-hydrogen) atoms. The molecule has 0 bridgehead atoms. The van der Waals surface area contributed by atoms with E-state index in [0.717, 1.165) is 22.4 Å². The van der Waals surface area contributed by atoms with Gasteiger partial charge in [0.1, 0.15) is 6.04 Å². The van der Waals surface area contributed by atoms with Crippen LogP contribution in [0.15, 0.2) is 97.2 Å². The summed E-state index contributed by atoms with van der Waals surface area (Å²) in [6, 6.07) is 28.1. The Labute approximate surface area is 211 Å². The molecule has 1 atom stereocenters. The molecule has 0 aliphatic rings. The van der Waals surface area contributed by atoms with E-state index in [0.29, 0.717) is 18.8 Å². The molecule has 3 amide bonds. The summed E-state index contributed by atoms with van der Waals surface area (Å²) < 4.78 is 1.89. The molecule has 1 aromatic heterocycles. The number of para-hydroxylation sites is 1. The number of amides is 3. The van der Waals surface area contributed by atoms with Crippen LogP contribution in [0.4, 0.5) is 10.5 Å². The highest BCUT2D eigenvalue weighted by Crippen LogP contribution is 2.22. The first-order chi connectivity index (χ1) is 17.5. The van der Waals surface area contributed by atoms with Gasteiger partial charge in [-0.2, -0.15) is 5.10 Å². The quantitative estimate of drug-likeness (QED) is 0.312. The zero-order chi connectivity index (χ0) is 25.3. The molecule has 0 aliphatic heterocycles. The summed E-state index contributed by atoms with van der Waals surface area (Å²) in [5, 5.41) is 13.4. The summed E-state index contributed by atoms with van der Waals surface area (Å²) in [5.74, 6) is -0.344. The van der Waals surface area contributed by atoms with Gasteiger partial charge in [0.05, 0.1) is 12.2 Å². The summed E-state index contributed by atoms with van der Waals surface area (Å²) in [5.41, 5.74) is 4.51. The number of nitrogens with zero attached hydrogens (tertiary/aromatic N) is 2. The van der Waals surface area contributed by atoms with Crippen molar-refractivity contribution >= 4 is 17.6 Å². The van der Waals surface area contributed by atoms with Gasteiger partial charge in [0, 0.05) is 29.6 Å². The van der Waals surface area contributed by atoms with Crippen LogP contribution in [-0.4, -0.2) is 27.8 Å². The molecule has 1 heterocycles. The first kappa shape index (κ1) is 24.7. The second kappa shape index (κ2) is 11.8. The van der Waals surface area contributed by atoms with Crippen LogP contribution >= 0.6 is 0 Å². The van der Waals surface area contributed by atoms with E-state index in [1.807, 2.05) is 91.5 Å². The predicted molar refractivity (Wildman–Crippen MR) is 142 cm³/mol. The van der Waals surface area contributed by atoms with Gasteiger partial charge in [-0.1, -0.05) is 92.7 Å². The van der Waals surface area contributed by atoms with Crippen molar-refractivity contribution in [3.8, 4) is 11.3 Å². The molecule has 7 nitrogen and oxygen atoms in total. The molecule has 0 aliphatic carbocycles. The van der Waals surface area contributed by atoms with Gasteiger partial charge >= 0.3 is 6.03 Å². The number of rotatable bonds is 9. The minimum absolute atomic E-state index is 0.0964. The molecule has 0 spiro atoms. The monoisotopic (exact) mass is 481 g/mol. The number of hydrogen-bond acceptors (Lipinski definition) is 3. The van der Waals surface area contributed by atoms with Gasteiger partial charge in [-0.3, -0.25) is 9.48 Å². The van der Waals surface area contributed by atoms with E-state index in [2.05, 4.69) is 28.1 Å². The normalized spacial score (nSPS) is 11.6. The molecule has 3 N–H and O–H groups in total. The Balaban J connectivity index is 1.46. The maximum absolute atomic E-state index is 13.1. The average molecular weight is 482 g/mol. The van der Waals surface area contributed by atoms with Crippen molar-refractivity contribution in [3.63, 3.8) is 0 Å². The summed E-state index contributed by atoms with van der Waals surface area (Å²) >= 11 is 0. The Morgan fingerprint density at radius 3 is 2.11 bits per heavy atom. The Bertz CT molecular complexity index is 1270. The van der Waals surface area contributed by atoms with E-state index in [9.17, 15) is 9.59 Å². The highest BCUT2D eigenvalue weighted by atomic mass is 16.2. The Kier molecular flexibility index (Phi) is 8.13. The molecule has 0 saturated carbocycles. The van der Waals surface area contributed by atoms with Crippen LogP contribution in [0, 0.1) is 5.92 Å². The molecule has 7 heteroatoms. The van der Waals surface area contributed by atoms with E-state index in [-0.39, 0.29) is 11.8 Å². The summed E-state index contributed by atoms with van der Waals surface area (Å²) in [6.07, 6.45) is 1.97. The lowest BCUT2D eigenvalue weighted by Crippen LogP contribution is -2.50. The van der Waals surface area contributed by atoms with E-state index in [4.69, 9.17) is 5.10 Å². The minimum atomic E-state index is -0.687. The summed E-state index contributed by atoms with van der Waals surface area (Å²) in [4.78, 5) is 25.6. The number of urea groups is 1. The second-order valence-corrected chi connectivity index (χ2v) is 8.96. The van der Waals surface area contributed by atoms with Gasteiger partial charge in [-0.05, 0) is 23.6 Å². The Morgan fingerprint density at radius 2 is 1.47 bits per heavy atom. The molecule has 0 fully saturated rings. The number of carbonyl (C=O) groups excluding carboxylic acids is 2. The fraction of sp³-hybridized carbons (Fsp3) is 0.207. The maximum atomic E-state index is 13.1. The number of nitrogens with one attached hydrogen (secondary N) is 3. The third-order valence-electron chi connectivity index (χ3n) is 5.79. The molecular weight excluding hydrogens is 450 g/mol. The third kappa shape index (κ3) is 6.60. The topological polar surface area (TPSA) is 88.0 Å². The maximum Gasteiger partial charge on any atom is 0.319 e. The smallest absolute Gasteiger partial charge is 0.319 e. The van der Waals surface area contributed by atoms with Crippen LogP contribution in [0.5, 0.6) is 0 Å². The first-order valence-electron chi connectivity index (χ1n) is 12.1. The lowest BCUT2D eigenvalue weighted by molar-refractivity contribution is -0.124. The van der Waals surface area contributed by atoms with Crippen molar-refractivity contribution in [1.29, 1.82) is 0 Å². The van der Waals surface area contributed by atoms with Crippen LogP contribution < -0.4 is 16.0 Å². The van der Waals surface area contributed by atoms with E-state index in [1.54, 1.807) is 12.1 Å². The van der Waals surface area contributed by atoms with Gasteiger partial charge < -0.3 is 16.0 Å². The zero-order valence-electron chi connectivity index (χ0n) is 20.5. The first-order valence-corrected chi connectivity index (χ1v) is 12.1. The second-order valence-electron chi connectivity index (χ2n) is 8.96. The molecule has 4 aromatic rings. The minimum Gasteiger partial charge on any atom is -0.350 e. The fourth-order valence-corrected chi connectivity index (χ4v) is 3.94. The van der Waals surface area contributed by atoms with Gasteiger partial charge in [0.15, 0.2) is 0 Å². The van der Waals surface area contributed by atoms with Crippen molar-refractivity contribution in [2.45, 2.75) is 33.0 Å². The molecule has 4 rings (SSSR count). The fourth-order valence-electron chi connectivity index (χ4n) is 3.94. The SMILES string of the molecule is CC(C)[C@H](NC(=O)Nc1ccccc1)C(=O)NCc1cn(Cc2ccccc2)nc1-c1ccccc1. The molecule has 0 unspecified atom stereocenters. The van der Waals surface area contributed by atoms with Crippen molar-refractivity contribution in [3.05, 3.63) is 108 Å². The standard InChI is InChI=1S/C29H31N5O2/c1-21(2)26(32-29(36)31-25-16-10-5-11-17-25)28(35)30-18-24-20-34(19-22-12-6-3-7-13-22)33-27(24)23-14-8-4-9-15-23/h3-17,20-21,26H,18-19H2,1-2H3,(H,30,35)(H2,31,32,36)/t26-/m0/s1. The van der Waals surface area contributed by atoms with Crippen molar-refractivity contribution in [1.82, 2.24) is 20.4 Å². The van der Waals surface area contributed by atoms with Crippen LogP contribution in [-0.2, 0) is 17.9 Å². The Morgan fingerprint density at radius 1 is 0.861 bits per heavy atom. The van der Waals surface area contributed by atoms with Crippen molar-refractivity contribution in [2.75, 3.05) is 5.32 Å². The van der Waals surface area contributed by atoms with E-state index in [1.165, 1.54) is 0 Å². The highest BCUT2D eigenvalue weighted by molar-refractivity contribution is 5.93. The molecule has 0 radical (unpaired) electrons. The highest BCUT2D eigenvalue weighted by Gasteiger charge is 2.24. The zero-order valence-corrected chi connectivity index (χ0v) is 20.5. The largest absolute Gasteiger partial charge is 0.350 e. The number of benzene rings is 3. The molecule has 0 saturated heterocycles. The van der Waals surface area contributed by atoms with Crippen molar-refractivity contribution < 1.29 is 9.59 Å². The lowest BCUT2D eigenvalue weighted by Gasteiger charge is -2.22. The molecular formula is C29H31N5O2. The van der Waals surface area contributed by atoms with Crippen LogP contribution in [0.25, 0.3) is 11.3 Å². The third-order valence-corrected chi connectivity index (χ3v) is 5.79. The summed E-state index contributed by atoms with van der Waals surface area (Å²) in [7, 11) is 0. The number of carbonyl (C=O) groups is 2. The Hall–Kier alpha value is -4.39. The molecule has 3 aromatic carbocycles. The van der Waals surface area contributed by atoms with Crippen molar-refractivity contribution in [2.24, 2.45) is 5.92 Å². The number of anilines is 1. The van der Waals surface area contributed by atoms with E-state index >= 15 is 0 Å². The van der Waals surface area contributed by atoms with Crippen LogP contribution in [0.3, 0.4) is 0 Å². The van der Waals surface area contributed by atoms with E-state index < -0.39 is 12.1 Å². The molecule has 184 valence electrons. The van der Waals surface area contributed by atoms with Gasteiger partial charge in [0.2, 0.25) is 5.91 Å². The predicted octanol–water partition coefficient (Wildman–Crippen LogP) is 5.06. The average Bonchev–Trinajstić information content (AvgIpc) is 3.30. The van der Waals surface area contributed by atoms with Crippen LogP contribution in [0.2, 0.25) is 0 Å². The number of hydrogen-bond donors (Lipinski definition) is 3. The van der Waals surface area contributed by atoms with Gasteiger partial charge in [-0.15, -0.1) is 0 Å². The lowest BCUT2D eigenvalue weighted by atomic mass is 10.0. The number of aromatic nitrogens is 2. The summed E-state index contributed by atoms with van der Waals surface area (Å²) in [6.45, 7) is 4.73. The van der Waals surface area contributed by atoms with Crippen LogP contribution in [0.1, 0.15) is 25.0 Å². The van der Waals surface area contributed by atoms with Gasteiger partial charge in [0.25, 0.3) is 0 Å². The van der Waals surface area contributed by atoms with Gasteiger partial charge in [-0.25, -0.2) is 4.79 Å².